The van der Waals surface area contributed by atoms with Gasteiger partial charge >= 0.3 is 10.1 Å². The second-order valence-corrected chi connectivity index (χ2v) is 9.01. The van der Waals surface area contributed by atoms with E-state index in [9.17, 15) is 13.2 Å². The molecular weight excluding hydrogens is 426 g/mol. The van der Waals surface area contributed by atoms with Crippen molar-refractivity contribution in [2.45, 2.75) is 12.5 Å². The maximum Gasteiger partial charge on any atom is 0.306 e. The smallest absolute Gasteiger partial charge is 0.306 e. The monoisotopic (exact) mass is 453 g/mol. The van der Waals surface area contributed by atoms with E-state index in [2.05, 4.69) is 0 Å². The molecule has 168 valence electrons. The third kappa shape index (κ3) is 6.67. The molecule has 0 spiro atoms. The topological polar surface area (TPSA) is 72.9 Å². The number of amides is 1. The third-order valence-electron chi connectivity index (χ3n) is 4.93. The zero-order valence-electron chi connectivity index (χ0n) is 18.2. The van der Waals surface area contributed by atoms with Gasteiger partial charge in [-0.3, -0.25) is 4.79 Å². The fraction of sp³-hybridized carbons (Fsp3) is 0.240. The van der Waals surface area contributed by atoms with Crippen LogP contribution in [0.3, 0.4) is 0 Å². The number of ether oxygens (including phenoxy) is 1. The Morgan fingerprint density at radius 2 is 1.41 bits per heavy atom. The summed E-state index contributed by atoms with van der Waals surface area (Å²) in [5.74, 6) is -0.240. The lowest BCUT2D eigenvalue weighted by molar-refractivity contribution is -0.133. The van der Waals surface area contributed by atoms with Crippen molar-refractivity contribution in [1.82, 2.24) is 4.90 Å². The summed E-state index contributed by atoms with van der Waals surface area (Å²) < 4.78 is 32.8. The first-order valence-electron chi connectivity index (χ1n) is 10.2. The average molecular weight is 454 g/mol. The fourth-order valence-electron chi connectivity index (χ4n) is 3.47. The first-order valence-corrected chi connectivity index (χ1v) is 12.0. The summed E-state index contributed by atoms with van der Waals surface area (Å²) in [4.78, 5) is 15.5. The van der Waals surface area contributed by atoms with Gasteiger partial charge in [0.2, 0.25) is 5.91 Å². The van der Waals surface area contributed by atoms with Crippen LogP contribution < -0.4 is 4.18 Å². The van der Waals surface area contributed by atoms with Gasteiger partial charge in [0.15, 0.2) is 0 Å². The molecule has 0 saturated carbocycles. The molecule has 0 aliphatic carbocycles. The van der Waals surface area contributed by atoms with Crippen LogP contribution in [-0.2, 0) is 26.2 Å². The summed E-state index contributed by atoms with van der Waals surface area (Å²) in [6.07, 6.45) is 0.999. The van der Waals surface area contributed by atoms with Crippen LogP contribution in [0.5, 0.6) is 5.75 Å². The number of methoxy groups -OCH3 is 1. The van der Waals surface area contributed by atoms with E-state index in [0.717, 1.165) is 22.9 Å². The molecular formula is C25H27NO5S. The second kappa shape index (κ2) is 10.9. The van der Waals surface area contributed by atoms with Crippen LogP contribution in [0.15, 0.2) is 84.9 Å². The molecule has 6 nitrogen and oxygen atoms in total. The largest absolute Gasteiger partial charge is 0.383 e. The Labute approximate surface area is 189 Å². The zero-order valence-corrected chi connectivity index (χ0v) is 19.0. The van der Waals surface area contributed by atoms with Crippen LogP contribution in [0, 0.1) is 0 Å². The van der Waals surface area contributed by atoms with Gasteiger partial charge < -0.3 is 13.8 Å². The summed E-state index contributed by atoms with van der Waals surface area (Å²) in [5.41, 5.74) is 2.70. The van der Waals surface area contributed by atoms with Crippen molar-refractivity contribution in [1.29, 1.82) is 0 Å². The highest BCUT2D eigenvalue weighted by molar-refractivity contribution is 7.86. The van der Waals surface area contributed by atoms with Crippen molar-refractivity contribution >= 4 is 16.0 Å². The first-order chi connectivity index (χ1) is 15.4. The average Bonchev–Trinajstić information content (AvgIpc) is 2.78. The molecule has 0 unspecified atom stereocenters. The highest BCUT2D eigenvalue weighted by Crippen LogP contribution is 2.28. The van der Waals surface area contributed by atoms with E-state index in [1.165, 1.54) is 0 Å². The number of carbonyl (C=O) groups excluding carboxylic acids is 1. The molecule has 0 N–H and O–H groups in total. The van der Waals surface area contributed by atoms with Gasteiger partial charge in [0.1, 0.15) is 5.75 Å². The number of benzene rings is 3. The molecule has 3 aromatic carbocycles. The van der Waals surface area contributed by atoms with Gasteiger partial charge in [-0.15, -0.1) is 0 Å². The van der Waals surface area contributed by atoms with Gasteiger partial charge in [-0.05, 0) is 28.8 Å². The minimum Gasteiger partial charge on any atom is -0.383 e. The minimum atomic E-state index is -3.59. The second-order valence-electron chi connectivity index (χ2n) is 7.44. The van der Waals surface area contributed by atoms with Crippen molar-refractivity contribution in [3.05, 3.63) is 102 Å². The SMILES string of the molecule is COCCN(Cc1ccc(OS(C)(=O)=O)cc1)C(=O)C(c1ccccc1)c1ccccc1. The minimum absolute atomic E-state index is 0.0316. The summed E-state index contributed by atoms with van der Waals surface area (Å²) in [6.45, 7) is 1.18. The Bertz CT molecular complexity index is 1060. The maximum absolute atomic E-state index is 13.8. The fourth-order valence-corrected chi connectivity index (χ4v) is 3.93. The number of hydrogen-bond acceptors (Lipinski definition) is 5. The zero-order chi connectivity index (χ0) is 23.0. The number of carbonyl (C=O) groups is 1. The molecule has 3 aromatic rings. The lowest BCUT2D eigenvalue weighted by atomic mass is 9.90. The predicted molar refractivity (Wildman–Crippen MR) is 124 cm³/mol. The summed E-state index contributed by atoms with van der Waals surface area (Å²) in [7, 11) is -1.99. The molecule has 0 aromatic heterocycles. The molecule has 0 fully saturated rings. The maximum atomic E-state index is 13.8. The van der Waals surface area contributed by atoms with Gasteiger partial charge in [0.05, 0.1) is 18.8 Å². The number of nitrogens with zero attached hydrogens (tertiary/aromatic N) is 1. The predicted octanol–water partition coefficient (Wildman–Crippen LogP) is 3.83. The summed E-state index contributed by atoms with van der Waals surface area (Å²) in [6, 6.07) is 26.1. The van der Waals surface area contributed by atoms with E-state index < -0.39 is 16.0 Å². The molecule has 3 rings (SSSR count). The molecule has 0 bridgehead atoms. The lowest BCUT2D eigenvalue weighted by Crippen LogP contribution is -2.37. The van der Waals surface area contributed by atoms with Crippen LogP contribution in [-0.4, -0.2) is 45.7 Å². The van der Waals surface area contributed by atoms with Crippen LogP contribution >= 0.6 is 0 Å². The van der Waals surface area contributed by atoms with Gasteiger partial charge in [0, 0.05) is 20.2 Å². The van der Waals surface area contributed by atoms with E-state index in [1.807, 2.05) is 60.7 Å². The molecule has 0 aliphatic heterocycles. The molecule has 0 atom stereocenters. The standard InChI is InChI=1S/C25H27NO5S/c1-30-18-17-26(19-20-13-15-23(16-14-20)31-32(2,28)29)25(27)24(21-9-5-3-6-10-21)22-11-7-4-8-12-22/h3-16,24H,17-19H2,1-2H3. The Kier molecular flexibility index (Phi) is 8.03. The van der Waals surface area contributed by atoms with Crippen molar-refractivity contribution in [2.24, 2.45) is 0 Å². The van der Waals surface area contributed by atoms with Gasteiger partial charge in [-0.1, -0.05) is 72.8 Å². The summed E-state index contributed by atoms with van der Waals surface area (Å²) >= 11 is 0. The van der Waals surface area contributed by atoms with Crippen molar-refractivity contribution in [2.75, 3.05) is 26.5 Å². The number of rotatable bonds is 10. The van der Waals surface area contributed by atoms with Crippen molar-refractivity contribution in [3.63, 3.8) is 0 Å². The highest BCUT2D eigenvalue weighted by Gasteiger charge is 2.27. The van der Waals surface area contributed by atoms with E-state index >= 15 is 0 Å². The normalized spacial score (nSPS) is 11.3. The van der Waals surface area contributed by atoms with Crippen molar-refractivity contribution < 1.29 is 22.1 Å². The van der Waals surface area contributed by atoms with E-state index in [-0.39, 0.29) is 11.7 Å². The summed E-state index contributed by atoms with van der Waals surface area (Å²) in [5, 5.41) is 0. The Balaban J connectivity index is 1.88. The molecule has 0 aliphatic rings. The van der Waals surface area contributed by atoms with Crippen LogP contribution in [0.25, 0.3) is 0 Å². The van der Waals surface area contributed by atoms with E-state index in [1.54, 1.807) is 36.3 Å². The van der Waals surface area contributed by atoms with Gasteiger partial charge in [-0.25, -0.2) is 0 Å². The number of hydrogen-bond donors (Lipinski definition) is 0. The third-order valence-corrected chi connectivity index (χ3v) is 5.43. The first kappa shape index (κ1) is 23.5. The molecule has 1 amide bonds. The molecule has 0 saturated heterocycles. The van der Waals surface area contributed by atoms with Crippen molar-refractivity contribution in [3.8, 4) is 5.75 Å². The van der Waals surface area contributed by atoms with E-state index in [0.29, 0.717) is 19.7 Å². The molecule has 32 heavy (non-hydrogen) atoms. The Morgan fingerprint density at radius 3 is 1.88 bits per heavy atom. The van der Waals surface area contributed by atoms with Crippen LogP contribution in [0.1, 0.15) is 22.6 Å². The highest BCUT2D eigenvalue weighted by atomic mass is 32.2. The molecule has 0 radical (unpaired) electrons. The Hall–Kier alpha value is -3.16. The lowest BCUT2D eigenvalue weighted by Gasteiger charge is -2.28. The van der Waals surface area contributed by atoms with Crippen LogP contribution in [0.2, 0.25) is 0 Å². The molecule has 0 heterocycles. The van der Waals surface area contributed by atoms with Gasteiger partial charge in [-0.2, -0.15) is 8.42 Å². The van der Waals surface area contributed by atoms with Gasteiger partial charge in [0.25, 0.3) is 0 Å². The van der Waals surface area contributed by atoms with Crippen LogP contribution in [0.4, 0.5) is 0 Å². The quantitative estimate of drug-likeness (QED) is 0.436. The molecule has 7 heteroatoms. The Morgan fingerprint density at radius 1 is 0.875 bits per heavy atom. The van der Waals surface area contributed by atoms with E-state index in [4.69, 9.17) is 8.92 Å².